The highest BCUT2D eigenvalue weighted by atomic mass is 32.1. The summed E-state index contributed by atoms with van der Waals surface area (Å²) in [5.74, 6) is -0.0402. The largest absolute Gasteiger partial charge is 0.462 e. The second kappa shape index (κ2) is 6.54. The van der Waals surface area contributed by atoms with Gasteiger partial charge in [0, 0.05) is 6.42 Å². The first-order valence-corrected chi connectivity index (χ1v) is 6.83. The summed E-state index contributed by atoms with van der Waals surface area (Å²) in [7, 11) is 0. The van der Waals surface area contributed by atoms with Gasteiger partial charge in [0.05, 0.1) is 11.6 Å². The summed E-state index contributed by atoms with van der Waals surface area (Å²) in [4.78, 5) is 23.8. The molecule has 0 aromatic carbocycles. The number of thiophene rings is 1. The molecular weight excluding hydrogens is 250 g/mol. The summed E-state index contributed by atoms with van der Waals surface area (Å²) in [6, 6.07) is 1.80. The lowest BCUT2D eigenvalue weighted by molar-refractivity contribution is -0.116. The van der Waals surface area contributed by atoms with Crippen LogP contribution in [0.2, 0.25) is 0 Å². The number of nitrogens with one attached hydrogen (secondary N) is 1. The predicted molar refractivity (Wildman–Crippen MR) is 73.1 cm³/mol. The number of carbonyl (C=O) groups excluding carboxylic acids is 2. The van der Waals surface area contributed by atoms with Crippen LogP contribution in [0.3, 0.4) is 0 Å². The molecule has 0 aliphatic heterocycles. The molecule has 1 aromatic rings. The Morgan fingerprint density at radius 2 is 2.11 bits per heavy atom. The summed E-state index contributed by atoms with van der Waals surface area (Å²) >= 11 is 1.26. The van der Waals surface area contributed by atoms with Gasteiger partial charge in [0.2, 0.25) is 5.91 Å². The maximum absolute atomic E-state index is 11.6. The quantitative estimate of drug-likeness (QED) is 0.835. The zero-order valence-electron chi connectivity index (χ0n) is 11.2. The van der Waals surface area contributed by atoms with Crippen molar-refractivity contribution in [3.63, 3.8) is 0 Å². The summed E-state index contributed by atoms with van der Waals surface area (Å²) in [5, 5.41) is 3.50. The van der Waals surface area contributed by atoms with E-state index in [0.29, 0.717) is 28.8 Å². The molecule has 1 heterocycles. The van der Waals surface area contributed by atoms with Crippen LogP contribution in [0.15, 0.2) is 6.07 Å². The fourth-order valence-electron chi connectivity index (χ4n) is 1.50. The highest BCUT2D eigenvalue weighted by Crippen LogP contribution is 2.27. The van der Waals surface area contributed by atoms with Crippen molar-refractivity contribution < 1.29 is 14.3 Å². The number of hydrogen-bond donors (Lipinski definition) is 1. The molecule has 5 heteroatoms. The van der Waals surface area contributed by atoms with E-state index in [-0.39, 0.29) is 11.9 Å². The lowest BCUT2D eigenvalue weighted by atomic mass is 10.1. The summed E-state index contributed by atoms with van der Waals surface area (Å²) < 4.78 is 4.95. The van der Waals surface area contributed by atoms with Crippen LogP contribution in [0.4, 0.5) is 5.00 Å². The minimum Gasteiger partial charge on any atom is -0.462 e. The van der Waals surface area contributed by atoms with Gasteiger partial charge in [-0.15, -0.1) is 11.3 Å². The Hall–Kier alpha value is -1.36. The van der Waals surface area contributed by atoms with Crippen molar-refractivity contribution in [2.75, 3.05) is 11.9 Å². The molecule has 0 unspecified atom stereocenters. The third-order valence-corrected chi connectivity index (χ3v) is 3.37. The molecule has 4 nitrogen and oxygen atoms in total. The molecule has 1 N–H and O–H groups in total. The van der Waals surface area contributed by atoms with Crippen LogP contribution in [0.25, 0.3) is 0 Å². The Morgan fingerprint density at radius 3 is 2.67 bits per heavy atom. The van der Waals surface area contributed by atoms with Crippen LogP contribution in [0.1, 0.15) is 42.4 Å². The monoisotopic (exact) mass is 269 g/mol. The van der Waals surface area contributed by atoms with Gasteiger partial charge in [-0.25, -0.2) is 4.79 Å². The number of amides is 1. The van der Waals surface area contributed by atoms with E-state index in [0.717, 1.165) is 5.56 Å². The molecule has 1 amide bonds. The van der Waals surface area contributed by atoms with Gasteiger partial charge in [-0.3, -0.25) is 4.79 Å². The molecule has 18 heavy (non-hydrogen) atoms. The summed E-state index contributed by atoms with van der Waals surface area (Å²) in [6.45, 7) is 7.94. The van der Waals surface area contributed by atoms with Gasteiger partial charge in [-0.1, -0.05) is 13.8 Å². The van der Waals surface area contributed by atoms with E-state index in [2.05, 4.69) is 5.32 Å². The van der Waals surface area contributed by atoms with Crippen molar-refractivity contribution in [1.29, 1.82) is 0 Å². The second-order valence-electron chi connectivity index (χ2n) is 4.49. The standard InChI is InChI=1S/C13H19NO3S/c1-5-17-13(16)12-9(4)7-11(18-12)14-10(15)6-8(2)3/h7-8H,5-6H2,1-4H3,(H,14,15). The Kier molecular flexibility index (Phi) is 5.34. The minimum atomic E-state index is -0.329. The molecule has 1 rings (SSSR count). The molecule has 100 valence electrons. The Morgan fingerprint density at radius 1 is 1.44 bits per heavy atom. The van der Waals surface area contributed by atoms with Gasteiger partial charge in [-0.2, -0.15) is 0 Å². The van der Waals surface area contributed by atoms with Crippen molar-refractivity contribution in [2.45, 2.75) is 34.1 Å². The Bertz CT molecular complexity index is 437. The van der Waals surface area contributed by atoms with Gasteiger partial charge in [0.1, 0.15) is 4.88 Å². The smallest absolute Gasteiger partial charge is 0.348 e. The fraction of sp³-hybridized carbons (Fsp3) is 0.538. The normalized spacial score (nSPS) is 10.5. The van der Waals surface area contributed by atoms with Crippen molar-refractivity contribution in [3.05, 3.63) is 16.5 Å². The number of ether oxygens (including phenoxy) is 1. The number of aryl methyl sites for hydroxylation is 1. The molecule has 0 aliphatic carbocycles. The van der Waals surface area contributed by atoms with Crippen molar-refractivity contribution in [2.24, 2.45) is 5.92 Å². The van der Waals surface area contributed by atoms with E-state index < -0.39 is 0 Å². The maximum Gasteiger partial charge on any atom is 0.348 e. The van der Waals surface area contributed by atoms with E-state index in [1.54, 1.807) is 13.0 Å². The lowest BCUT2D eigenvalue weighted by Gasteiger charge is -2.04. The molecule has 0 fully saturated rings. The van der Waals surface area contributed by atoms with Crippen LogP contribution >= 0.6 is 11.3 Å². The second-order valence-corrected chi connectivity index (χ2v) is 5.54. The summed E-state index contributed by atoms with van der Waals surface area (Å²) in [5.41, 5.74) is 0.832. The van der Waals surface area contributed by atoms with Crippen LogP contribution in [-0.2, 0) is 9.53 Å². The molecule has 1 aromatic heterocycles. The highest BCUT2D eigenvalue weighted by molar-refractivity contribution is 7.18. The van der Waals surface area contributed by atoms with E-state index in [1.165, 1.54) is 11.3 Å². The molecule has 0 saturated carbocycles. The van der Waals surface area contributed by atoms with Crippen LogP contribution in [-0.4, -0.2) is 18.5 Å². The molecular formula is C13H19NO3S. The van der Waals surface area contributed by atoms with E-state index >= 15 is 0 Å². The lowest BCUT2D eigenvalue weighted by Crippen LogP contribution is -2.12. The maximum atomic E-state index is 11.6. The van der Waals surface area contributed by atoms with Gasteiger partial charge in [0.25, 0.3) is 0 Å². The number of anilines is 1. The van der Waals surface area contributed by atoms with E-state index in [9.17, 15) is 9.59 Å². The zero-order chi connectivity index (χ0) is 13.7. The molecule has 0 aliphatic rings. The molecule has 0 saturated heterocycles. The van der Waals surface area contributed by atoms with Crippen molar-refractivity contribution in [3.8, 4) is 0 Å². The number of rotatable bonds is 5. The van der Waals surface area contributed by atoms with Crippen LogP contribution < -0.4 is 5.32 Å². The average molecular weight is 269 g/mol. The number of carbonyl (C=O) groups is 2. The molecule has 0 spiro atoms. The summed E-state index contributed by atoms with van der Waals surface area (Å²) in [6.07, 6.45) is 0.478. The van der Waals surface area contributed by atoms with Gasteiger partial charge in [0.15, 0.2) is 0 Å². The van der Waals surface area contributed by atoms with Gasteiger partial charge in [-0.05, 0) is 31.4 Å². The fourth-order valence-corrected chi connectivity index (χ4v) is 2.48. The van der Waals surface area contributed by atoms with Crippen LogP contribution in [0, 0.1) is 12.8 Å². The number of hydrogen-bond acceptors (Lipinski definition) is 4. The third kappa shape index (κ3) is 4.14. The van der Waals surface area contributed by atoms with Crippen molar-refractivity contribution in [1.82, 2.24) is 0 Å². The zero-order valence-corrected chi connectivity index (χ0v) is 12.0. The first-order valence-electron chi connectivity index (χ1n) is 6.01. The van der Waals surface area contributed by atoms with Crippen LogP contribution in [0.5, 0.6) is 0 Å². The van der Waals surface area contributed by atoms with E-state index in [4.69, 9.17) is 4.74 Å². The van der Waals surface area contributed by atoms with E-state index in [1.807, 2.05) is 20.8 Å². The van der Waals surface area contributed by atoms with Gasteiger partial charge < -0.3 is 10.1 Å². The first-order chi connectivity index (χ1) is 8.43. The van der Waals surface area contributed by atoms with Crippen molar-refractivity contribution >= 4 is 28.2 Å². The SMILES string of the molecule is CCOC(=O)c1sc(NC(=O)CC(C)C)cc1C. The topological polar surface area (TPSA) is 55.4 Å². The average Bonchev–Trinajstić information content (AvgIpc) is 2.58. The minimum absolute atomic E-state index is 0.0262. The molecule has 0 atom stereocenters. The number of esters is 1. The highest BCUT2D eigenvalue weighted by Gasteiger charge is 2.16. The van der Waals surface area contributed by atoms with Gasteiger partial charge >= 0.3 is 5.97 Å². The Balaban J connectivity index is 2.72. The molecule has 0 bridgehead atoms. The Labute approximate surface area is 111 Å². The third-order valence-electron chi connectivity index (χ3n) is 2.23. The first kappa shape index (κ1) is 14.7. The molecule has 0 radical (unpaired) electrons. The predicted octanol–water partition coefficient (Wildman–Crippen LogP) is 3.22.